The maximum atomic E-state index is 13.0. The van der Waals surface area contributed by atoms with Gasteiger partial charge in [-0.2, -0.15) is 0 Å². The summed E-state index contributed by atoms with van der Waals surface area (Å²) in [7, 11) is 3.17. The first-order valence-corrected chi connectivity index (χ1v) is 9.10. The minimum atomic E-state index is -0.00505. The summed E-state index contributed by atoms with van der Waals surface area (Å²) < 4.78 is 10.8. The van der Waals surface area contributed by atoms with Crippen LogP contribution in [0.1, 0.15) is 29.6 Å². The van der Waals surface area contributed by atoms with Crippen molar-refractivity contribution in [2.75, 3.05) is 46.9 Å². The maximum absolute atomic E-state index is 13.0. The van der Waals surface area contributed by atoms with Crippen molar-refractivity contribution < 1.29 is 14.3 Å². The Morgan fingerprint density at radius 1 is 1.08 bits per heavy atom. The van der Waals surface area contributed by atoms with Crippen molar-refractivity contribution in [1.29, 1.82) is 0 Å². The van der Waals surface area contributed by atoms with Crippen LogP contribution >= 0.6 is 0 Å². The molecule has 1 heterocycles. The van der Waals surface area contributed by atoms with Gasteiger partial charge in [0.25, 0.3) is 5.91 Å². The van der Waals surface area contributed by atoms with Crippen LogP contribution in [0, 0.1) is 5.92 Å². The molecule has 1 aliphatic heterocycles. The lowest BCUT2D eigenvalue weighted by Gasteiger charge is -2.37. The molecule has 1 aromatic rings. The Bertz CT molecular complexity index is 599. The lowest BCUT2D eigenvalue weighted by Crippen LogP contribution is -2.49. The van der Waals surface area contributed by atoms with E-state index < -0.39 is 0 Å². The lowest BCUT2D eigenvalue weighted by atomic mass is 9.94. The normalized spacial score (nSPS) is 21.2. The molecular formula is C20H28N2O3. The van der Waals surface area contributed by atoms with Gasteiger partial charge in [0.2, 0.25) is 0 Å². The van der Waals surface area contributed by atoms with Crippen molar-refractivity contribution in [3.05, 3.63) is 35.9 Å². The van der Waals surface area contributed by atoms with Crippen LogP contribution in [0.15, 0.2) is 30.4 Å². The van der Waals surface area contributed by atoms with Crippen molar-refractivity contribution in [1.82, 2.24) is 9.80 Å². The fraction of sp³-hybridized carbons (Fsp3) is 0.550. The van der Waals surface area contributed by atoms with E-state index >= 15 is 0 Å². The highest BCUT2D eigenvalue weighted by atomic mass is 16.5. The third kappa shape index (κ3) is 4.15. The van der Waals surface area contributed by atoms with E-state index in [2.05, 4.69) is 17.1 Å². The van der Waals surface area contributed by atoms with E-state index in [-0.39, 0.29) is 5.91 Å². The van der Waals surface area contributed by atoms with Gasteiger partial charge in [0.15, 0.2) is 0 Å². The maximum Gasteiger partial charge on any atom is 0.261 e. The van der Waals surface area contributed by atoms with E-state index in [0.29, 0.717) is 17.1 Å². The van der Waals surface area contributed by atoms with E-state index in [4.69, 9.17) is 9.47 Å². The first kappa shape index (κ1) is 17.8. The molecule has 0 N–H and O–H groups in total. The van der Waals surface area contributed by atoms with Crippen LogP contribution in [0.3, 0.4) is 0 Å². The Morgan fingerprint density at radius 2 is 1.76 bits per heavy atom. The molecule has 0 unspecified atom stereocenters. The molecule has 1 saturated heterocycles. The fourth-order valence-electron chi connectivity index (χ4n) is 3.74. The van der Waals surface area contributed by atoms with Gasteiger partial charge >= 0.3 is 0 Å². The van der Waals surface area contributed by atoms with Gasteiger partial charge in [-0.15, -0.1) is 0 Å². The molecule has 5 nitrogen and oxygen atoms in total. The zero-order valence-electron chi connectivity index (χ0n) is 15.2. The van der Waals surface area contributed by atoms with Crippen LogP contribution in [-0.4, -0.2) is 62.7 Å². The third-order valence-corrected chi connectivity index (χ3v) is 5.20. The summed E-state index contributed by atoms with van der Waals surface area (Å²) >= 11 is 0. The summed E-state index contributed by atoms with van der Waals surface area (Å²) in [6.45, 7) is 4.52. The Balaban J connectivity index is 1.61. The molecule has 0 radical (unpaired) electrons. The number of carbonyl (C=O) groups is 1. The average molecular weight is 344 g/mol. The molecule has 5 heteroatoms. The minimum Gasteiger partial charge on any atom is -0.496 e. The largest absolute Gasteiger partial charge is 0.496 e. The Morgan fingerprint density at radius 3 is 2.32 bits per heavy atom. The van der Waals surface area contributed by atoms with Crippen LogP contribution in [0.25, 0.3) is 0 Å². The first-order chi connectivity index (χ1) is 12.2. The molecule has 0 aromatic heterocycles. The van der Waals surface area contributed by atoms with Gasteiger partial charge in [0.1, 0.15) is 17.1 Å². The highest BCUT2D eigenvalue weighted by Crippen LogP contribution is 2.30. The topological polar surface area (TPSA) is 42.0 Å². The number of hydrogen-bond acceptors (Lipinski definition) is 4. The number of nitrogens with zero attached hydrogens (tertiary/aromatic N) is 2. The summed E-state index contributed by atoms with van der Waals surface area (Å²) in [5.41, 5.74) is 0.526. The number of benzene rings is 1. The quantitative estimate of drug-likeness (QED) is 0.771. The molecule has 0 spiro atoms. The number of piperazine rings is 1. The van der Waals surface area contributed by atoms with Gasteiger partial charge in [-0.1, -0.05) is 18.2 Å². The predicted molar refractivity (Wildman–Crippen MR) is 98.4 cm³/mol. The Labute approximate surface area is 150 Å². The van der Waals surface area contributed by atoms with Crippen LogP contribution < -0.4 is 9.47 Å². The van der Waals surface area contributed by atoms with Crippen molar-refractivity contribution in [2.24, 2.45) is 5.92 Å². The molecule has 2 aliphatic rings. The smallest absolute Gasteiger partial charge is 0.261 e. The number of carbonyl (C=O) groups excluding carboxylic acids is 1. The molecule has 1 fully saturated rings. The summed E-state index contributed by atoms with van der Waals surface area (Å²) in [6.07, 6.45) is 8.28. The van der Waals surface area contributed by atoms with E-state index in [9.17, 15) is 4.79 Å². The second-order valence-corrected chi connectivity index (χ2v) is 6.78. The highest BCUT2D eigenvalue weighted by Gasteiger charge is 2.27. The Kier molecular flexibility index (Phi) is 5.97. The van der Waals surface area contributed by atoms with Crippen LogP contribution in [0.4, 0.5) is 0 Å². The molecule has 1 atom stereocenters. The number of methoxy groups -OCH3 is 2. The molecule has 136 valence electrons. The standard InChI is InChI=1S/C20H28N2O3/c1-24-17-9-6-10-18(25-2)19(17)20(23)22-13-11-21(12-14-22)15-16-7-4-3-5-8-16/h3-4,6,9-10,16H,5,7-8,11-15H2,1-2H3/t16-/m1/s1. The second kappa shape index (κ2) is 8.39. The van der Waals surface area contributed by atoms with Crippen molar-refractivity contribution >= 4 is 5.91 Å². The van der Waals surface area contributed by atoms with Crippen molar-refractivity contribution in [3.8, 4) is 11.5 Å². The molecule has 1 amide bonds. The van der Waals surface area contributed by atoms with Crippen molar-refractivity contribution in [3.63, 3.8) is 0 Å². The fourth-order valence-corrected chi connectivity index (χ4v) is 3.74. The van der Waals surface area contributed by atoms with Gasteiger partial charge in [0.05, 0.1) is 14.2 Å². The van der Waals surface area contributed by atoms with E-state index in [1.165, 1.54) is 19.3 Å². The predicted octanol–water partition coefficient (Wildman–Crippen LogP) is 2.82. The lowest BCUT2D eigenvalue weighted by molar-refractivity contribution is 0.0608. The molecule has 25 heavy (non-hydrogen) atoms. The van der Waals surface area contributed by atoms with Gasteiger partial charge in [-0.3, -0.25) is 9.69 Å². The van der Waals surface area contributed by atoms with Crippen LogP contribution in [0.5, 0.6) is 11.5 Å². The van der Waals surface area contributed by atoms with Crippen molar-refractivity contribution in [2.45, 2.75) is 19.3 Å². The first-order valence-electron chi connectivity index (χ1n) is 9.10. The SMILES string of the molecule is COc1cccc(OC)c1C(=O)N1CCN(C[C@@H]2CC=CCC2)CC1. The van der Waals surface area contributed by atoms with Gasteiger partial charge in [-0.25, -0.2) is 0 Å². The molecule has 0 bridgehead atoms. The molecule has 0 saturated carbocycles. The molecule has 1 aromatic carbocycles. The van der Waals surface area contributed by atoms with Gasteiger partial charge < -0.3 is 14.4 Å². The van der Waals surface area contributed by atoms with E-state index in [1.807, 2.05) is 23.1 Å². The molecule has 1 aliphatic carbocycles. The number of hydrogen-bond donors (Lipinski definition) is 0. The zero-order valence-corrected chi connectivity index (χ0v) is 15.2. The summed E-state index contributed by atoms with van der Waals surface area (Å²) in [6, 6.07) is 5.45. The third-order valence-electron chi connectivity index (χ3n) is 5.20. The summed E-state index contributed by atoms with van der Waals surface area (Å²) in [4.78, 5) is 17.4. The Hall–Kier alpha value is -2.01. The highest BCUT2D eigenvalue weighted by molar-refractivity contribution is 5.99. The number of rotatable bonds is 5. The van der Waals surface area contributed by atoms with E-state index in [0.717, 1.165) is 38.6 Å². The molecule has 3 rings (SSSR count). The zero-order chi connectivity index (χ0) is 17.6. The minimum absolute atomic E-state index is 0.00505. The average Bonchev–Trinajstić information content (AvgIpc) is 2.68. The number of ether oxygens (including phenoxy) is 2. The van der Waals surface area contributed by atoms with Crippen LogP contribution in [0.2, 0.25) is 0 Å². The van der Waals surface area contributed by atoms with Gasteiger partial charge in [-0.05, 0) is 37.3 Å². The van der Waals surface area contributed by atoms with Gasteiger partial charge in [0, 0.05) is 32.7 Å². The van der Waals surface area contributed by atoms with Crippen LogP contribution in [-0.2, 0) is 0 Å². The second-order valence-electron chi connectivity index (χ2n) is 6.78. The monoisotopic (exact) mass is 344 g/mol. The molecular weight excluding hydrogens is 316 g/mol. The number of amides is 1. The summed E-state index contributed by atoms with van der Waals surface area (Å²) in [5, 5.41) is 0. The van der Waals surface area contributed by atoms with E-state index in [1.54, 1.807) is 14.2 Å². The number of allylic oxidation sites excluding steroid dienone is 2. The summed E-state index contributed by atoms with van der Waals surface area (Å²) in [5.74, 6) is 1.90.